The van der Waals surface area contributed by atoms with Gasteiger partial charge in [-0.3, -0.25) is 14.5 Å². The first kappa shape index (κ1) is 20.6. The molecule has 0 unspecified atom stereocenters. The molecule has 0 atom stereocenters. The lowest BCUT2D eigenvalue weighted by Crippen LogP contribution is -2.50. The SMILES string of the molecule is Cc1cc(NC(=O)CN2CCN(C(=O)/C=C/c3ccc(N(C)C)cc3)CC2)no1. The first-order valence-corrected chi connectivity index (χ1v) is 9.60. The molecule has 1 aromatic carbocycles. The van der Waals surface area contributed by atoms with Gasteiger partial charge in [-0.1, -0.05) is 17.3 Å². The number of hydrogen-bond acceptors (Lipinski definition) is 6. The van der Waals surface area contributed by atoms with Crippen LogP contribution in [0.5, 0.6) is 0 Å². The highest BCUT2D eigenvalue weighted by molar-refractivity contribution is 5.92. The lowest BCUT2D eigenvalue weighted by Gasteiger charge is -2.33. The highest BCUT2D eigenvalue weighted by Gasteiger charge is 2.21. The van der Waals surface area contributed by atoms with Gasteiger partial charge in [0.2, 0.25) is 11.8 Å². The number of piperazine rings is 1. The lowest BCUT2D eigenvalue weighted by atomic mass is 10.2. The summed E-state index contributed by atoms with van der Waals surface area (Å²) in [4.78, 5) is 30.4. The van der Waals surface area contributed by atoms with E-state index in [9.17, 15) is 9.59 Å². The van der Waals surface area contributed by atoms with E-state index in [0.29, 0.717) is 37.8 Å². The fourth-order valence-corrected chi connectivity index (χ4v) is 3.09. The molecule has 1 saturated heterocycles. The third-order valence-corrected chi connectivity index (χ3v) is 4.77. The largest absolute Gasteiger partial charge is 0.378 e. The number of rotatable bonds is 6. The quantitative estimate of drug-likeness (QED) is 0.749. The van der Waals surface area contributed by atoms with Crippen molar-refractivity contribution in [1.82, 2.24) is 15.0 Å². The zero-order chi connectivity index (χ0) is 20.8. The van der Waals surface area contributed by atoms with Crippen molar-refractivity contribution in [3.63, 3.8) is 0 Å². The van der Waals surface area contributed by atoms with E-state index in [2.05, 4.69) is 10.5 Å². The van der Waals surface area contributed by atoms with Crippen LogP contribution < -0.4 is 10.2 Å². The van der Waals surface area contributed by atoms with E-state index in [1.54, 1.807) is 24.0 Å². The Bertz CT molecular complexity index is 865. The number of carbonyl (C=O) groups excluding carboxylic acids is 2. The molecule has 2 heterocycles. The van der Waals surface area contributed by atoms with E-state index in [4.69, 9.17) is 4.52 Å². The highest BCUT2D eigenvalue weighted by Crippen LogP contribution is 2.13. The third kappa shape index (κ3) is 5.92. The monoisotopic (exact) mass is 397 g/mol. The number of carbonyl (C=O) groups is 2. The highest BCUT2D eigenvalue weighted by atomic mass is 16.5. The van der Waals surface area contributed by atoms with E-state index in [1.165, 1.54) is 0 Å². The van der Waals surface area contributed by atoms with Gasteiger partial charge in [0.1, 0.15) is 5.76 Å². The molecule has 1 aromatic heterocycles. The van der Waals surface area contributed by atoms with E-state index in [1.807, 2.05) is 54.2 Å². The molecule has 154 valence electrons. The molecule has 1 aliphatic rings. The van der Waals surface area contributed by atoms with Gasteiger partial charge in [0.15, 0.2) is 5.82 Å². The van der Waals surface area contributed by atoms with Crippen LogP contribution in [-0.4, -0.2) is 73.6 Å². The number of amides is 2. The predicted octanol–water partition coefficient (Wildman–Crippen LogP) is 1.85. The molecule has 0 bridgehead atoms. The first-order valence-electron chi connectivity index (χ1n) is 9.60. The van der Waals surface area contributed by atoms with Gasteiger partial charge >= 0.3 is 0 Å². The van der Waals surface area contributed by atoms with E-state index in [0.717, 1.165) is 11.3 Å². The number of aromatic nitrogens is 1. The maximum Gasteiger partial charge on any atom is 0.246 e. The number of nitrogens with one attached hydrogen (secondary N) is 1. The van der Waals surface area contributed by atoms with Crippen LogP contribution in [0.15, 0.2) is 40.9 Å². The second-order valence-corrected chi connectivity index (χ2v) is 7.29. The summed E-state index contributed by atoms with van der Waals surface area (Å²) in [7, 11) is 3.99. The van der Waals surface area contributed by atoms with Gasteiger partial charge in [0.05, 0.1) is 6.54 Å². The molecule has 2 amide bonds. The van der Waals surface area contributed by atoms with Gasteiger partial charge in [0.25, 0.3) is 0 Å². The molecule has 0 spiro atoms. The molecule has 1 N–H and O–H groups in total. The van der Waals surface area contributed by atoms with Crippen molar-refractivity contribution >= 4 is 29.4 Å². The molecule has 0 radical (unpaired) electrons. The zero-order valence-corrected chi connectivity index (χ0v) is 17.1. The summed E-state index contributed by atoms with van der Waals surface area (Å²) in [6, 6.07) is 9.70. The lowest BCUT2D eigenvalue weighted by molar-refractivity contribution is -0.127. The van der Waals surface area contributed by atoms with E-state index < -0.39 is 0 Å². The van der Waals surface area contributed by atoms with Gasteiger partial charge in [-0.25, -0.2) is 0 Å². The summed E-state index contributed by atoms with van der Waals surface area (Å²) in [6.07, 6.45) is 3.45. The Morgan fingerprint density at radius 3 is 2.45 bits per heavy atom. The number of hydrogen-bond donors (Lipinski definition) is 1. The van der Waals surface area contributed by atoms with Gasteiger partial charge in [0, 0.05) is 58.1 Å². The Morgan fingerprint density at radius 2 is 1.86 bits per heavy atom. The molecule has 8 heteroatoms. The number of benzene rings is 1. The molecule has 0 aliphatic carbocycles. The fourth-order valence-electron chi connectivity index (χ4n) is 3.09. The van der Waals surface area contributed by atoms with Crippen molar-refractivity contribution in [3.05, 3.63) is 47.7 Å². The van der Waals surface area contributed by atoms with Crippen LogP contribution in [0.2, 0.25) is 0 Å². The van der Waals surface area contributed by atoms with Crippen molar-refractivity contribution in [2.75, 3.05) is 57.0 Å². The molecule has 8 nitrogen and oxygen atoms in total. The average Bonchev–Trinajstić information content (AvgIpc) is 3.11. The minimum atomic E-state index is -0.140. The summed E-state index contributed by atoms with van der Waals surface area (Å²) < 4.78 is 4.94. The van der Waals surface area contributed by atoms with E-state index >= 15 is 0 Å². The standard InChI is InChI=1S/C21H27N5O3/c1-16-14-19(23-29-16)22-20(27)15-25-10-12-26(13-11-25)21(28)9-6-17-4-7-18(8-5-17)24(2)3/h4-9,14H,10-13,15H2,1-3H3,(H,22,23,27)/b9-6+. The van der Waals surface area contributed by atoms with Crippen molar-refractivity contribution in [2.45, 2.75) is 6.92 Å². The Labute approximate surface area is 170 Å². The number of nitrogens with zero attached hydrogens (tertiary/aromatic N) is 4. The normalized spacial score (nSPS) is 14.9. The van der Waals surface area contributed by atoms with E-state index in [-0.39, 0.29) is 18.4 Å². The second-order valence-electron chi connectivity index (χ2n) is 7.29. The molecule has 1 aliphatic heterocycles. The Hall–Kier alpha value is -3.13. The van der Waals surface area contributed by atoms with Crippen LogP contribution in [-0.2, 0) is 9.59 Å². The second kappa shape index (κ2) is 9.38. The zero-order valence-electron chi connectivity index (χ0n) is 17.1. The van der Waals surface area contributed by atoms with Crippen LogP contribution in [0.25, 0.3) is 6.08 Å². The Morgan fingerprint density at radius 1 is 1.17 bits per heavy atom. The summed E-state index contributed by atoms with van der Waals surface area (Å²) in [6.45, 7) is 4.54. The molecular formula is C21H27N5O3. The van der Waals surface area contributed by atoms with Crippen molar-refractivity contribution in [2.24, 2.45) is 0 Å². The summed E-state index contributed by atoms with van der Waals surface area (Å²) in [5, 5.41) is 6.47. The minimum absolute atomic E-state index is 0.0103. The molecule has 1 fully saturated rings. The van der Waals surface area contributed by atoms with Gasteiger partial charge in [-0.15, -0.1) is 0 Å². The van der Waals surface area contributed by atoms with Crippen LogP contribution in [0.1, 0.15) is 11.3 Å². The first-order chi connectivity index (χ1) is 13.9. The summed E-state index contributed by atoms with van der Waals surface area (Å²) in [5.74, 6) is 0.919. The van der Waals surface area contributed by atoms with Crippen LogP contribution in [0.3, 0.4) is 0 Å². The Kier molecular flexibility index (Phi) is 6.66. The van der Waals surface area contributed by atoms with Crippen LogP contribution in [0.4, 0.5) is 11.5 Å². The van der Waals surface area contributed by atoms with Crippen LogP contribution >= 0.6 is 0 Å². The molecule has 0 saturated carbocycles. The Balaban J connectivity index is 1.43. The maximum atomic E-state index is 12.4. The topological polar surface area (TPSA) is 81.9 Å². The maximum absolute atomic E-state index is 12.4. The predicted molar refractivity (Wildman–Crippen MR) is 113 cm³/mol. The molecule has 3 rings (SSSR count). The number of aryl methyl sites for hydroxylation is 1. The molecular weight excluding hydrogens is 370 g/mol. The van der Waals surface area contributed by atoms with Crippen molar-refractivity contribution in [3.8, 4) is 0 Å². The van der Waals surface area contributed by atoms with Gasteiger partial charge in [-0.2, -0.15) is 0 Å². The van der Waals surface area contributed by atoms with Crippen molar-refractivity contribution in [1.29, 1.82) is 0 Å². The van der Waals surface area contributed by atoms with Crippen molar-refractivity contribution < 1.29 is 14.1 Å². The smallest absolute Gasteiger partial charge is 0.246 e. The molecule has 2 aromatic rings. The van der Waals surface area contributed by atoms with Gasteiger partial charge in [-0.05, 0) is 30.7 Å². The fraction of sp³-hybridized carbons (Fsp3) is 0.381. The molecule has 29 heavy (non-hydrogen) atoms. The average molecular weight is 397 g/mol. The summed E-state index contributed by atoms with van der Waals surface area (Å²) >= 11 is 0. The minimum Gasteiger partial charge on any atom is -0.378 e. The van der Waals surface area contributed by atoms with Crippen LogP contribution in [0, 0.1) is 6.92 Å². The number of anilines is 2. The third-order valence-electron chi connectivity index (χ3n) is 4.77. The summed E-state index contributed by atoms with van der Waals surface area (Å²) in [5.41, 5.74) is 2.11. The van der Waals surface area contributed by atoms with Gasteiger partial charge < -0.3 is 19.6 Å².